The van der Waals surface area contributed by atoms with Gasteiger partial charge in [-0.2, -0.15) is 0 Å². The average Bonchev–Trinajstić information content (AvgIpc) is 2.91. The molecule has 2 atom stereocenters. The first kappa shape index (κ1) is 11.4. The van der Waals surface area contributed by atoms with Crippen LogP contribution >= 0.6 is 0 Å². The van der Waals surface area contributed by atoms with Gasteiger partial charge in [-0.1, -0.05) is 13.8 Å². The van der Waals surface area contributed by atoms with Crippen molar-refractivity contribution in [3.63, 3.8) is 0 Å². The third kappa shape index (κ3) is 2.94. The van der Waals surface area contributed by atoms with E-state index in [9.17, 15) is 0 Å². The minimum absolute atomic E-state index is 0.753. The summed E-state index contributed by atoms with van der Waals surface area (Å²) in [5.74, 6) is 0.775. The predicted molar refractivity (Wildman–Crippen MR) is 65.1 cm³/mol. The highest BCUT2D eigenvalue weighted by Gasteiger charge is 2.31. The molecule has 2 unspecified atom stereocenters. The Bertz CT molecular complexity index is 199. The van der Waals surface area contributed by atoms with Gasteiger partial charge >= 0.3 is 0 Å². The topological polar surface area (TPSA) is 15.3 Å². The highest BCUT2D eigenvalue weighted by Crippen LogP contribution is 2.24. The van der Waals surface area contributed by atoms with Crippen LogP contribution < -0.4 is 5.32 Å². The van der Waals surface area contributed by atoms with E-state index in [4.69, 9.17) is 0 Å². The number of nitrogens with one attached hydrogen (secondary N) is 1. The molecule has 2 aliphatic rings. The van der Waals surface area contributed by atoms with Crippen molar-refractivity contribution in [3.8, 4) is 0 Å². The van der Waals surface area contributed by atoms with Crippen molar-refractivity contribution in [2.75, 3.05) is 13.1 Å². The fraction of sp³-hybridized carbons (Fsp3) is 1.00. The zero-order chi connectivity index (χ0) is 10.8. The van der Waals surface area contributed by atoms with Crippen molar-refractivity contribution in [1.29, 1.82) is 0 Å². The summed E-state index contributed by atoms with van der Waals surface area (Å²) in [6.07, 6.45) is 5.60. The van der Waals surface area contributed by atoms with Crippen LogP contribution in [-0.4, -0.2) is 36.1 Å². The van der Waals surface area contributed by atoms with E-state index in [-0.39, 0.29) is 0 Å². The van der Waals surface area contributed by atoms with Gasteiger partial charge in [0.1, 0.15) is 0 Å². The lowest BCUT2D eigenvalue weighted by atomic mass is 10.0. The van der Waals surface area contributed by atoms with Crippen LogP contribution in [0, 0.1) is 5.92 Å². The Hall–Kier alpha value is -0.0800. The molecule has 0 aromatic heterocycles. The lowest BCUT2D eigenvalue weighted by Gasteiger charge is -2.34. The molecule has 0 bridgehead atoms. The second-order valence-electron chi connectivity index (χ2n) is 5.72. The van der Waals surface area contributed by atoms with E-state index in [0.717, 1.165) is 24.0 Å². The van der Waals surface area contributed by atoms with Crippen molar-refractivity contribution in [2.24, 2.45) is 5.92 Å². The molecule has 0 spiro atoms. The molecule has 1 saturated carbocycles. The molecule has 15 heavy (non-hydrogen) atoms. The van der Waals surface area contributed by atoms with Crippen LogP contribution in [0.4, 0.5) is 0 Å². The summed E-state index contributed by atoms with van der Waals surface area (Å²) in [6.45, 7) is 9.64. The summed E-state index contributed by atoms with van der Waals surface area (Å²) < 4.78 is 0. The monoisotopic (exact) mass is 210 g/mol. The van der Waals surface area contributed by atoms with Gasteiger partial charge in [-0.25, -0.2) is 0 Å². The molecule has 2 fully saturated rings. The first-order valence-corrected chi connectivity index (χ1v) is 6.67. The molecule has 88 valence electrons. The summed E-state index contributed by atoms with van der Waals surface area (Å²) in [5, 5.41) is 3.69. The van der Waals surface area contributed by atoms with Crippen LogP contribution in [0.1, 0.15) is 46.5 Å². The Morgan fingerprint density at radius 1 is 1.27 bits per heavy atom. The molecular weight excluding hydrogens is 184 g/mol. The molecule has 1 N–H and O–H groups in total. The number of nitrogens with zero attached hydrogens (tertiary/aromatic N) is 1. The summed E-state index contributed by atoms with van der Waals surface area (Å²) in [5.41, 5.74) is 0. The van der Waals surface area contributed by atoms with Gasteiger partial charge in [-0.05, 0) is 45.1 Å². The number of likely N-dealkylation sites (tertiary alicyclic amines) is 1. The minimum atomic E-state index is 0.753. The van der Waals surface area contributed by atoms with E-state index in [1.54, 1.807) is 0 Å². The molecule has 0 amide bonds. The third-order valence-electron chi connectivity index (χ3n) is 3.99. The molecule has 0 aromatic rings. The standard InChI is InChI=1S/C13H26N2/c1-10(2)13(9-14-12-6-7-12)15-8-4-5-11(15)3/h10-14H,4-9H2,1-3H3. The second kappa shape index (κ2) is 4.84. The average molecular weight is 210 g/mol. The van der Waals surface area contributed by atoms with Crippen molar-refractivity contribution in [1.82, 2.24) is 10.2 Å². The van der Waals surface area contributed by atoms with Gasteiger partial charge in [0.15, 0.2) is 0 Å². The highest BCUT2D eigenvalue weighted by molar-refractivity contribution is 4.88. The van der Waals surface area contributed by atoms with Gasteiger partial charge in [0.25, 0.3) is 0 Å². The van der Waals surface area contributed by atoms with Gasteiger partial charge in [0.2, 0.25) is 0 Å². The minimum Gasteiger partial charge on any atom is -0.312 e. The van der Waals surface area contributed by atoms with E-state index in [2.05, 4.69) is 31.0 Å². The quantitative estimate of drug-likeness (QED) is 0.749. The number of hydrogen-bond acceptors (Lipinski definition) is 2. The Balaban J connectivity index is 1.85. The molecule has 0 radical (unpaired) electrons. The predicted octanol–water partition coefficient (Wildman–Crippen LogP) is 2.25. The largest absolute Gasteiger partial charge is 0.312 e. The molecule has 1 aliphatic carbocycles. The Morgan fingerprint density at radius 2 is 2.00 bits per heavy atom. The molecule has 1 heterocycles. The Labute approximate surface area is 94.4 Å². The third-order valence-corrected chi connectivity index (χ3v) is 3.99. The van der Waals surface area contributed by atoms with Crippen LogP contribution in [0.25, 0.3) is 0 Å². The van der Waals surface area contributed by atoms with Crippen LogP contribution in [0.5, 0.6) is 0 Å². The smallest absolute Gasteiger partial charge is 0.0246 e. The fourth-order valence-corrected chi connectivity index (χ4v) is 2.76. The van der Waals surface area contributed by atoms with E-state index >= 15 is 0 Å². The Morgan fingerprint density at radius 3 is 2.47 bits per heavy atom. The fourth-order valence-electron chi connectivity index (χ4n) is 2.76. The summed E-state index contributed by atoms with van der Waals surface area (Å²) in [4.78, 5) is 2.72. The molecule has 0 aromatic carbocycles. The lowest BCUT2D eigenvalue weighted by Crippen LogP contribution is -2.47. The first-order chi connectivity index (χ1) is 7.18. The molecule has 2 rings (SSSR count). The number of rotatable bonds is 5. The van der Waals surface area contributed by atoms with E-state index in [1.165, 1.54) is 38.8 Å². The van der Waals surface area contributed by atoms with Gasteiger partial charge in [0, 0.05) is 24.7 Å². The van der Waals surface area contributed by atoms with Gasteiger partial charge in [-0.3, -0.25) is 4.90 Å². The van der Waals surface area contributed by atoms with Crippen LogP contribution in [0.2, 0.25) is 0 Å². The molecule has 1 aliphatic heterocycles. The highest BCUT2D eigenvalue weighted by atomic mass is 15.2. The van der Waals surface area contributed by atoms with Crippen molar-refractivity contribution < 1.29 is 0 Å². The maximum absolute atomic E-state index is 3.69. The zero-order valence-corrected chi connectivity index (χ0v) is 10.5. The second-order valence-corrected chi connectivity index (χ2v) is 5.72. The van der Waals surface area contributed by atoms with Crippen LogP contribution in [0.15, 0.2) is 0 Å². The van der Waals surface area contributed by atoms with Gasteiger partial charge in [0.05, 0.1) is 0 Å². The number of hydrogen-bond donors (Lipinski definition) is 1. The summed E-state index contributed by atoms with van der Waals surface area (Å²) in [7, 11) is 0. The maximum atomic E-state index is 3.69. The van der Waals surface area contributed by atoms with E-state index in [1.807, 2.05) is 0 Å². The summed E-state index contributed by atoms with van der Waals surface area (Å²) in [6, 6.07) is 2.41. The summed E-state index contributed by atoms with van der Waals surface area (Å²) >= 11 is 0. The molecular formula is C13H26N2. The van der Waals surface area contributed by atoms with Gasteiger partial charge < -0.3 is 5.32 Å². The van der Waals surface area contributed by atoms with Crippen molar-refractivity contribution in [3.05, 3.63) is 0 Å². The zero-order valence-electron chi connectivity index (χ0n) is 10.5. The van der Waals surface area contributed by atoms with Gasteiger partial charge in [-0.15, -0.1) is 0 Å². The Kier molecular flexibility index (Phi) is 3.68. The lowest BCUT2D eigenvalue weighted by molar-refractivity contribution is 0.145. The maximum Gasteiger partial charge on any atom is 0.0246 e. The first-order valence-electron chi connectivity index (χ1n) is 6.67. The normalized spacial score (nSPS) is 30.0. The van der Waals surface area contributed by atoms with Crippen LogP contribution in [-0.2, 0) is 0 Å². The SMILES string of the molecule is CC(C)C(CNC1CC1)N1CCCC1C. The van der Waals surface area contributed by atoms with Crippen molar-refractivity contribution in [2.45, 2.75) is 64.6 Å². The van der Waals surface area contributed by atoms with E-state index < -0.39 is 0 Å². The molecule has 2 heteroatoms. The van der Waals surface area contributed by atoms with E-state index in [0.29, 0.717) is 0 Å². The molecule has 1 saturated heterocycles. The van der Waals surface area contributed by atoms with Crippen molar-refractivity contribution >= 4 is 0 Å². The van der Waals surface area contributed by atoms with Crippen LogP contribution in [0.3, 0.4) is 0 Å². The molecule has 2 nitrogen and oxygen atoms in total.